The van der Waals surface area contributed by atoms with Gasteiger partial charge in [0.25, 0.3) is 0 Å². The average molecular weight is 207 g/mol. The molecule has 2 rings (SSSR count). The fourth-order valence-corrected chi connectivity index (χ4v) is 2.45. The molecule has 0 aromatic carbocycles. The molecule has 82 valence electrons. The molecule has 0 bridgehead atoms. The van der Waals surface area contributed by atoms with Crippen LogP contribution in [-0.2, 0) is 9.59 Å². The molecule has 1 heterocycles. The highest BCUT2D eigenvalue weighted by Gasteiger charge is 2.41. The molecule has 0 saturated carbocycles. The van der Waals surface area contributed by atoms with E-state index in [9.17, 15) is 9.59 Å². The Morgan fingerprint density at radius 2 is 2.07 bits per heavy atom. The molecular formula is C12H17NO2. The van der Waals surface area contributed by atoms with Crippen molar-refractivity contribution < 1.29 is 9.59 Å². The van der Waals surface area contributed by atoms with E-state index < -0.39 is 5.41 Å². The molecule has 3 nitrogen and oxygen atoms in total. The zero-order chi connectivity index (χ0) is 10.9. The number of piperidine rings is 1. The Morgan fingerprint density at radius 1 is 1.27 bits per heavy atom. The predicted molar refractivity (Wildman–Crippen MR) is 57.0 cm³/mol. The van der Waals surface area contributed by atoms with Crippen molar-refractivity contribution in [3.05, 3.63) is 11.6 Å². The van der Waals surface area contributed by atoms with Crippen LogP contribution in [0.4, 0.5) is 0 Å². The lowest BCUT2D eigenvalue weighted by Gasteiger charge is -2.35. The van der Waals surface area contributed by atoms with Crippen LogP contribution in [0.15, 0.2) is 11.6 Å². The van der Waals surface area contributed by atoms with Gasteiger partial charge in [-0.3, -0.25) is 14.9 Å². The maximum absolute atomic E-state index is 11.9. The molecule has 1 fully saturated rings. The molecule has 1 saturated heterocycles. The molecule has 15 heavy (non-hydrogen) atoms. The topological polar surface area (TPSA) is 46.2 Å². The van der Waals surface area contributed by atoms with Crippen LogP contribution < -0.4 is 5.32 Å². The molecule has 1 unspecified atom stereocenters. The summed E-state index contributed by atoms with van der Waals surface area (Å²) in [6.45, 7) is 1.96. The van der Waals surface area contributed by atoms with Gasteiger partial charge in [-0.05, 0) is 39.0 Å². The molecule has 0 spiro atoms. The zero-order valence-corrected chi connectivity index (χ0v) is 9.14. The van der Waals surface area contributed by atoms with Crippen LogP contribution in [0.2, 0.25) is 0 Å². The third-order valence-electron chi connectivity index (χ3n) is 3.61. The van der Waals surface area contributed by atoms with Crippen LogP contribution in [0.3, 0.4) is 0 Å². The molecule has 1 aliphatic heterocycles. The Bertz CT molecular complexity index is 333. The summed E-state index contributed by atoms with van der Waals surface area (Å²) in [6.07, 6.45) is 7.81. The van der Waals surface area contributed by atoms with E-state index in [4.69, 9.17) is 0 Å². The molecule has 3 heteroatoms. The van der Waals surface area contributed by atoms with Crippen molar-refractivity contribution in [3.8, 4) is 0 Å². The van der Waals surface area contributed by atoms with Crippen LogP contribution in [0.1, 0.15) is 45.4 Å². The Kier molecular flexibility index (Phi) is 2.63. The van der Waals surface area contributed by atoms with Crippen LogP contribution in [0, 0.1) is 5.41 Å². The lowest BCUT2D eigenvalue weighted by Crippen LogP contribution is -2.48. The molecular weight excluding hydrogens is 190 g/mol. The predicted octanol–water partition coefficient (Wildman–Crippen LogP) is 1.93. The lowest BCUT2D eigenvalue weighted by atomic mass is 9.72. The van der Waals surface area contributed by atoms with Gasteiger partial charge >= 0.3 is 0 Å². The maximum atomic E-state index is 11.9. The number of amides is 2. The van der Waals surface area contributed by atoms with Crippen LogP contribution >= 0.6 is 0 Å². The van der Waals surface area contributed by atoms with Crippen molar-refractivity contribution in [1.29, 1.82) is 0 Å². The molecule has 2 aliphatic rings. The minimum Gasteiger partial charge on any atom is -0.296 e. The SMILES string of the molecule is CC1(C2=CCCCC2)CCC(=O)NC1=O. The minimum atomic E-state index is -0.422. The Balaban J connectivity index is 2.21. The Labute approximate surface area is 89.9 Å². The Hall–Kier alpha value is -1.12. The molecule has 0 radical (unpaired) electrons. The first kappa shape index (κ1) is 10.4. The molecule has 1 N–H and O–H groups in total. The zero-order valence-electron chi connectivity index (χ0n) is 9.14. The second-order valence-corrected chi connectivity index (χ2v) is 4.68. The molecule has 1 atom stereocenters. The number of hydrogen-bond donors (Lipinski definition) is 1. The summed E-state index contributed by atoms with van der Waals surface area (Å²) < 4.78 is 0. The van der Waals surface area contributed by atoms with Crippen LogP contribution in [0.5, 0.6) is 0 Å². The number of nitrogens with one attached hydrogen (secondary N) is 1. The molecule has 0 aromatic rings. The van der Waals surface area contributed by atoms with E-state index >= 15 is 0 Å². The van der Waals surface area contributed by atoms with E-state index in [2.05, 4.69) is 11.4 Å². The van der Waals surface area contributed by atoms with Crippen molar-refractivity contribution >= 4 is 11.8 Å². The number of imide groups is 1. The first-order valence-electron chi connectivity index (χ1n) is 5.67. The molecule has 1 aliphatic carbocycles. The third kappa shape index (κ3) is 1.83. The van der Waals surface area contributed by atoms with E-state index in [1.807, 2.05) is 6.92 Å². The standard InChI is InChI=1S/C12H17NO2/c1-12(9-5-3-2-4-6-9)8-7-10(14)13-11(12)15/h5H,2-4,6-8H2,1H3,(H,13,14,15). The summed E-state index contributed by atoms with van der Waals surface area (Å²) in [5.41, 5.74) is 0.813. The quantitative estimate of drug-likeness (QED) is 0.527. The van der Waals surface area contributed by atoms with Gasteiger partial charge in [0, 0.05) is 6.42 Å². The van der Waals surface area contributed by atoms with Crippen molar-refractivity contribution in [2.75, 3.05) is 0 Å². The number of rotatable bonds is 1. The highest BCUT2D eigenvalue weighted by Crippen LogP contribution is 2.39. The molecule has 0 aromatic heterocycles. The van der Waals surface area contributed by atoms with Crippen LogP contribution in [-0.4, -0.2) is 11.8 Å². The van der Waals surface area contributed by atoms with E-state index in [1.54, 1.807) is 0 Å². The fraction of sp³-hybridized carbons (Fsp3) is 0.667. The minimum absolute atomic E-state index is 0.105. The number of allylic oxidation sites excluding steroid dienone is 1. The summed E-state index contributed by atoms with van der Waals surface area (Å²) in [4.78, 5) is 22.9. The fourth-order valence-electron chi connectivity index (χ4n) is 2.45. The monoisotopic (exact) mass is 207 g/mol. The van der Waals surface area contributed by atoms with E-state index in [-0.39, 0.29) is 11.8 Å². The smallest absolute Gasteiger partial charge is 0.236 e. The summed E-state index contributed by atoms with van der Waals surface area (Å²) in [5, 5.41) is 2.45. The normalized spacial score (nSPS) is 32.2. The molecule has 2 amide bonds. The van der Waals surface area contributed by atoms with Gasteiger partial charge in [-0.15, -0.1) is 0 Å². The number of carbonyl (C=O) groups excluding carboxylic acids is 2. The van der Waals surface area contributed by atoms with Crippen molar-refractivity contribution in [1.82, 2.24) is 5.32 Å². The summed E-state index contributed by atoms with van der Waals surface area (Å²) >= 11 is 0. The van der Waals surface area contributed by atoms with Gasteiger partial charge in [0.05, 0.1) is 5.41 Å². The summed E-state index contributed by atoms with van der Waals surface area (Å²) in [7, 11) is 0. The van der Waals surface area contributed by atoms with E-state index in [0.29, 0.717) is 12.8 Å². The second-order valence-electron chi connectivity index (χ2n) is 4.68. The first-order chi connectivity index (χ1) is 7.13. The van der Waals surface area contributed by atoms with Gasteiger partial charge in [0.15, 0.2) is 0 Å². The van der Waals surface area contributed by atoms with Gasteiger partial charge in [-0.2, -0.15) is 0 Å². The summed E-state index contributed by atoms with van der Waals surface area (Å²) in [5.74, 6) is -0.235. The lowest BCUT2D eigenvalue weighted by molar-refractivity contribution is -0.139. The van der Waals surface area contributed by atoms with Crippen LogP contribution in [0.25, 0.3) is 0 Å². The van der Waals surface area contributed by atoms with Gasteiger partial charge < -0.3 is 0 Å². The van der Waals surface area contributed by atoms with Gasteiger partial charge in [0.1, 0.15) is 0 Å². The van der Waals surface area contributed by atoms with Gasteiger partial charge in [0.2, 0.25) is 11.8 Å². The number of carbonyl (C=O) groups is 2. The van der Waals surface area contributed by atoms with E-state index in [0.717, 1.165) is 12.8 Å². The van der Waals surface area contributed by atoms with Gasteiger partial charge in [-0.25, -0.2) is 0 Å². The van der Waals surface area contributed by atoms with Crippen molar-refractivity contribution in [2.45, 2.75) is 45.4 Å². The van der Waals surface area contributed by atoms with Crippen molar-refractivity contribution in [3.63, 3.8) is 0 Å². The first-order valence-corrected chi connectivity index (χ1v) is 5.67. The van der Waals surface area contributed by atoms with E-state index in [1.165, 1.54) is 18.4 Å². The Morgan fingerprint density at radius 3 is 2.67 bits per heavy atom. The highest BCUT2D eigenvalue weighted by molar-refractivity contribution is 6.01. The second kappa shape index (κ2) is 3.80. The van der Waals surface area contributed by atoms with Gasteiger partial charge in [-0.1, -0.05) is 11.6 Å². The highest BCUT2D eigenvalue weighted by atomic mass is 16.2. The van der Waals surface area contributed by atoms with Crippen molar-refractivity contribution in [2.24, 2.45) is 5.41 Å². The number of hydrogen-bond acceptors (Lipinski definition) is 2. The third-order valence-corrected chi connectivity index (χ3v) is 3.61. The maximum Gasteiger partial charge on any atom is 0.236 e. The summed E-state index contributed by atoms with van der Waals surface area (Å²) in [6, 6.07) is 0. The average Bonchev–Trinajstić information content (AvgIpc) is 2.25. The largest absolute Gasteiger partial charge is 0.296 e.